The van der Waals surface area contributed by atoms with Crippen LogP contribution in [0.2, 0.25) is 0 Å². The molecule has 0 amide bonds. The number of hydrogen-bond donors (Lipinski definition) is 0. The summed E-state index contributed by atoms with van der Waals surface area (Å²) in [6.07, 6.45) is 1.25. The van der Waals surface area contributed by atoms with Crippen molar-refractivity contribution < 1.29 is 27.7 Å². The molecule has 0 radical (unpaired) electrons. The first-order chi connectivity index (χ1) is 9.89. The number of carbonyl (C=O) groups excluding carboxylic acids is 3. The highest BCUT2D eigenvalue weighted by atomic mass is 28.4. The van der Waals surface area contributed by atoms with Gasteiger partial charge in [-0.15, -0.1) is 6.58 Å². The van der Waals surface area contributed by atoms with E-state index < -0.39 is 26.7 Å². The van der Waals surface area contributed by atoms with Crippen LogP contribution in [0.5, 0.6) is 0 Å². The standard InChI is InChI=1S/C14H16O6Si/c1-4-8-14(17)20-21(18-11(2)15,19-12(3)16)13-9-6-5-7-10-13/h4-7,9-10H,1,8H2,2-3H3. The van der Waals surface area contributed by atoms with E-state index in [1.54, 1.807) is 30.3 Å². The van der Waals surface area contributed by atoms with E-state index >= 15 is 0 Å². The minimum absolute atomic E-state index is 0.0931. The molecule has 112 valence electrons. The lowest BCUT2D eigenvalue weighted by atomic mass is 10.4. The molecule has 21 heavy (non-hydrogen) atoms. The van der Waals surface area contributed by atoms with Crippen molar-refractivity contribution in [3.05, 3.63) is 43.0 Å². The first kappa shape index (κ1) is 16.6. The number of hydrogen-bond acceptors (Lipinski definition) is 6. The van der Waals surface area contributed by atoms with Gasteiger partial charge in [-0.05, 0) is 0 Å². The Balaban J connectivity index is 3.26. The highest BCUT2D eigenvalue weighted by Gasteiger charge is 2.54. The summed E-state index contributed by atoms with van der Waals surface area (Å²) in [5.74, 6) is -2.11. The molecule has 7 heteroatoms. The average molecular weight is 308 g/mol. The number of carbonyl (C=O) groups is 3. The average Bonchev–Trinajstić information content (AvgIpc) is 2.38. The normalized spacial score (nSPS) is 10.4. The fourth-order valence-electron chi connectivity index (χ4n) is 1.57. The van der Waals surface area contributed by atoms with Gasteiger partial charge in [0.05, 0.1) is 11.6 Å². The molecule has 0 aromatic heterocycles. The third-order valence-electron chi connectivity index (χ3n) is 2.24. The van der Waals surface area contributed by atoms with Gasteiger partial charge in [0, 0.05) is 13.8 Å². The van der Waals surface area contributed by atoms with Gasteiger partial charge in [-0.3, -0.25) is 14.4 Å². The van der Waals surface area contributed by atoms with Crippen LogP contribution in [0.1, 0.15) is 20.3 Å². The molecule has 0 aliphatic heterocycles. The van der Waals surface area contributed by atoms with Crippen molar-refractivity contribution in [3.8, 4) is 0 Å². The maximum Gasteiger partial charge on any atom is 0.742 e. The van der Waals surface area contributed by atoms with E-state index in [2.05, 4.69) is 6.58 Å². The summed E-state index contributed by atoms with van der Waals surface area (Å²) >= 11 is 0. The highest BCUT2D eigenvalue weighted by molar-refractivity contribution is 6.79. The smallest absolute Gasteiger partial charge is 0.452 e. The third kappa shape index (κ3) is 4.88. The maximum atomic E-state index is 11.8. The second-order valence-corrected chi connectivity index (χ2v) is 6.38. The molecule has 0 unspecified atom stereocenters. The molecule has 6 nitrogen and oxygen atoms in total. The minimum Gasteiger partial charge on any atom is -0.452 e. The van der Waals surface area contributed by atoms with Gasteiger partial charge in [0.2, 0.25) is 0 Å². The van der Waals surface area contributed by atoms with Crippen LogP contribution >= 0.6 is 0 Å². The molecular weight excluding hydrogens is 292 g/mol. The van der Waals surface area contributed by atoms with Gasteiger partial charge in [-0.2, -0.15) is 0 Å². The SMILES string of the molecule is C=CCC(=O)O[Si](OC(C)=O)(OC(C)=O)c1ccccc1. The fraction of sp³-hybridized carbons (Fsp3) is 0.214. The molecule has 1 aromatic carbocycles. The third-order valence-corrected chi connectivity index (χ3v) is 4.89. The molecule has 0 aliphatic carbocycles. The monoisotopic (exact) mass is 308 g/mol. The second-order valence-electron chi connectivity index (χ2n) is 4.08. The van der Waals surface area contributed by atoms with E-state index in [0.29, 0.717) is 5.19 Å². The summed E-state index contributed by atoms with van der Waals surface area (Å²) in [6.45, 7) is 5.72. The van der Waals surface area contributed by atoms with E-state index in [0.717, 1.165) is 13.8 Å². The van der Waals surface area contributed by atoms with Gasteiger partial charge in [-0.25, -0.2) is 0 Å². The highest BCUT2D eigenvalue weighted by Crippen LogP contribution is 2.13. The number of benzene rings is 1. The lowest BCUT2D eigenvalue weighted by molar-refractivity contribution is -0.147. The Morgan fingerprint density at radius 3 is 2.00 bits per heavy atom. The molecule has 0 saturated carbocycles. The predicted octanol–water partition coefficient (Wildman–Crippen LogP) is 1.08. The van der Waals surface area contributed by atoms with Crippen LogP contribution in [-0.2, 0) is 27.7 Å². The van der Waals surface area contributed by atoms with E-state index in [1.807, 2.05) is 0 Å². The van der Waals surface area contributed by atoms with Gasteiger partial charge in [0.15, 0.2) is 0 Å². The van der Waals surface area contributed by atoms with Crippen LogP contribution in [0.3, 0.4) is 0 Å². The Hall–Kier alpha value is -2.41. The molecule has 1 rings (SSSR count). The molecule has 1 aromatic rings. The van der Waals surface area contributed by atoms with Crippen molar-refractivity contribution >= 4 is 31.9 Å². The summed E-state index contributed by atoms with van der Waals surface area (Å²) in [4.78, 5) is 34.5. The van der Waals surface area contributed by atoms with Gasteiger partial charge in [0.25, 0.3) is 11.9 Å². The molecule has 0 spiro atoms. The van der Waals surface area contributed by atoms with Gasteiger partial charge >= 0.3 is 14.8 Å². The van der Waals surface area contributed by atoms with Gasteiger partial charge in [0.1, 0.15) is 0 Å². The zero-order valence-electron chi connectivity index (χ0n) is 11.8. The Morgan fingerprint density at radius 1 is 1.05 bits per heavy atom. The van der Waals surface area contributed by atoms with Crippen molar-refractivity contribution in [2.45, 2.75) is 20.3 Å². The van der Waals surface area contributed by atoms with E-state index in [4.69, 9.17) is 13.3 Å². The molecule has 0 heterocycles. The van der Waals surface area contributed by atoms with Crippen molar-refractivity contribution in [2.75, 3.05) is 0 Å². The second kappa shape index (κ2) is 7.39. The fourth-order valence-corrected chi connectivity index (χ4v) is 3.79. The lowest BCUT2D eigenvalue weighted by Crippen LogP contribution is -2.59. The van der Waals surface area contributed by atoms with E-state index in [-0.39, 0.29) is 6.42 Å². The minimum atomic E-state index is -3.99. The Morgan fingerprint density at radius 2 is 1.57 bits per heavy atom. The van der Waals surface area contributed by atoms with Crippen LogP contribution in [-0.4, -0.2) is 26.7 Å². The molecule has 0 saturated heterocycles. The van der Waals surface area contributed by atoms with Crippen molar-refractivity contribution in [1.82, 2.24) is 0 Å². The van der Waals surface area contributed by atoms with Crippen LogP contribution < -0.4 is 5.19 Å². The van der Waals surface area contributed by atoms with Crippen LogP contribution in [0.4, 0.5) is 0 Å². The predicted molar refractivity (Wildman–Crippen MR) is 76.3 cm³/mol. The first-order valence-corrected chi connectivity index (χ1v) is 7.89. The van der Waals surface area contributed by atoms with Crippen molar-refractivity contribution in [3.63, 3.8) is 0 Å². The molecule has 0 bridgehead atoms. The van der Waals surface area contributed by atoms with Crippen molar-refractivity contribution in [1.29, 1.82) is 0 Å². The summed E-state index contributed by atoms with van der Waals surface area (Å²) in [7, 11) is -3.99. The van der Waals surface area contributed by atoms with Crippen LogP contribution in [0.15, 0.2) is 43.0 Å². The van der Waals surface area contributed by atoms with E-state index in [9.17, 15) is 14.4 Å². The van der Waals surface area contributed by atoms with Crippen molar-refractivity contribution in [2.24, 2.45) is 0 Å². The maximum absolute atomic E-state index is 11.8. The topological polar surface area (TPSA) is 78.9 Å². The quantitative estimate of drug-likeness (QED) is 0.578. The molecule has 0 aliphatic rings. The molecule has 0 N–H and O–H groups in total. The van der Waals surface area contributed by atoms with Crippen LogP contribution in [0.25, 0.3) is 0 Å². The molecular formula is C14H16O6Si. The Kier molecular flexibility index (Phi) is 5.86. The largest absolute Gasteiger partial charge is 0.742 e. The summed E-state index contributed by atoms with van der Waals surface area (Å²) in [5.41, 5.74) is 0. The number of rotatable bonds is 6. The summed E-state index contributed by atoms with van der Waals surface area (Å²) in [6, 6.07) is 8.19. The first-order valence-electron chi connectivity index (χ1n) is 6.17. The lowest BCUT2D eigenvalue weighted by Gasteiger charge is -2.26. The summed E-state index contributed by atoms with van der Waals surface area (Å²) in [5, 5.41) is 0.341. The van der Waals surface area contributed by atoms with E-state index in [1.165, 1.54) is 6.08 Å². The van der Waals surface area contributed by atoms with Crippen LogP contribution in [0, 0.1) is 0 Å². The zero-order chi connectivity index (χ0) is 15.9. The summed E-state index contributed by atoms with van der Waals surface area (Å²) < 4.78 is 15.5. The van der Waals surface area contributed by atoms with Gasteiger partial charge in [-0.1, -0.05) is 36.4 Å². The molecule has 0 atom stereocenters. The Bertz CT molecular complexity index is 524. The van der Waals surface area contributed by atoms with Gasteiger partial charge < -0.3 is 13.3 Å². The molecule has 0 fully saturated rings. The Labute approximate surface area is 123 Å². The zero-order valence-corrected chi connectivity index (χ0v) is 12.8.